The Morgan fingerprint density at radius 1 is 0.800 bits per heavy atom. The molecular weight excluding hydrogens is 448 g/mol. The van der Waals surface area contributed by atoms with Gasteiger partial charge in [0, 0.05) is 12.6 Å². The Morgan fingerprint density at radius 3 is 1.89 bits per heavy atom. The Kier molecular flexibility index (Phi) is 10.2. The van der Waals surface area contributed by atoms with Crippen molar-refractivity contribution in [1.29, 1.82) is 0 Å². The number of aliphatic hydroxyl groups is 1. The molecule has 0 saturated heterocycles. The fraction of sp³-hybridized carbons (Fsp3) is 0.296. The van der Waals surface area contributed by atoms with Gasteiger partial charge in [0.05, 0.1) is 0 Å². The standard InChI is InChI=1S/C27H32N2O6/c1-20(16-32-23-7-13-26(14-8-23)35-19-27(28)31)29-15-22(30)18-34-25-11-9-24(10-12-25)33-17-21-5-3-2-4-6-21/h2-14,20,22,29-30H,15-19H2,1H3,(H2,28,31). The first-order chi connectivity index (χ1) is 17.0. The number of carbonyl (C=O) groups is 1. The molecule has 0 bridgehead atoms. The monoisotopic (exact) mass is 480 g/mol. The van der Waals surface area contributed by atoms with Gasteiger partial charge in [0.1, 0.15) is 48.9 Å². The van der Waals surface area contributed by atoms with Crippen molar-refractivity contribution in [2.45, 2.75) is 25.7 Å². The molecule has 3 aromatic rings. The molecule has 0 spiro atoms. The Balaban J connectivity index is 1.29. The molecule has 0 saturated carbocycles. The molecule has 186 valence electrons. The number of rotatable bonds is 15. The summed E-state index contributed by atoms with van der Waals surface area (Å²) in [6, 6.07) is 24.2. The highest BCUT2D eigenvalue weighted by atomic mass is 16.5. The number of aliphatic hydroxyl groups excluding tert-OH is 1. The van der Waals surface area contributed by atoms with E-state index in [1.54, 1.807) is 24.3 Å². The molecule has 0 aliphatic carbocycles. The fourth-order valence-electron chi connectivity index (χ4n) is 3.03. The first kappa shape index (κ1) is 25.9. The molecular formula is C27H32N2O6. The van der Waals surface area contributed by atoms with Crippen molar-refractivity contribution in [1.82, 2.24) is 5.32 Å². The van der Waals surface area contributed by atoms with Crippen LogP contribution < -0.4 is 30.0 Å². The number of ether oxygens (including phenoxy) is 4. The van der Waals surface area contributed by atoms with Gasteiger partial charge in [-0.25, -0.2) is 0 Å². The summed E-state index contributed by atoms with van der Waals surface area (Å²) >= 11 is 0. The third-order valence-electron chi connectivity index (χ3n) is 4.92. The van der Waals surface area contributed by atoms with Gasteiger partial charge in [-0.05, 0) is 61.0 Å². The van der Waals surface area contributed by atoms with E-state index in [1.807, 2.05) is 61.5 Å². The molecule has 0 radical (unpaired) electrons. The molecule has 2 unspecified atom stereocenters. The molecule has 3 aromatic carbocycles. The summed E-state index contributed by atoms with van der Waals surface area (Å²) in [5.74, 6) is 2.10. The zero-order valence-electron chi connectivity index (χ0n) is 19.8. The second kappa shape index (κ2) is 13.8. The van der Waals surface area contributed by atoms with E-state index >= 15 is 0 Å². The van der Waals surface area contributed by atoms with E-state index in [0.717, 1.165) is 11.3 Å². The van der Waals surface area contributed by atoms with Crippen molar-refractivity contribution in [3.05, 3.63) is 84.4 Å². The highest BCUT2D eigenvalue weighted by Crippen LogP contribution is 2.19. The van der Waals surface area contributed by atoms with Crippen molar-refractivity contribution in [2.24, 2.45) is 5.73 Å². The second-order valence-electron chi connectivity index (χ2n) is 8.06. The van der Waals surface area contributed by atoms with Crippen LogP contribution in [0.4, 0.5) is 0 Å². The molecule has 0 aromatic heterocycles. The minimum atomic E-state index is -0.673. The second-order valence-corrected chi connectivity index (χ2v) is 8.06. The van der Waals surface area contributed by atoms with Crippen LogP contribution in [0.3, 0.4) is 0 Å². The molecule has 2 atom stereocenters. The van der Waals surface area contributed by atoms with Crippen molar-refractivity contribution >= 4 is 5.91 Å². The Bertz CT molecular complexity index is 1010. The van der Waals surface area contributed by atoms with Crippen molar-refractivity contribution in [3.8, 4) is 23.0 Å². The highest BCUT2D eigenvalue weighted by molar-refractivity contribution is 5.75. The minimum Gasteiger partial charge on any atom is -0.492 e. The molecule has 0 fully saturated rings. The van der Waals surface area contributed by atoms with Crippen molar-refractivity contribution in [3.63, 3.8) is 0 Å². The fourth-order valence-corrected chi connectivity index (χ4v) is 3.03. The smallest absolute Gasteiger partial charge is 0.255 e. The summed E-state index contributed by atoms with van der Waals surface area (Å²) in [6.45, 7) is 3.25. The lowest BCUT2D eigenvalue weighted by molar-refractivity contribution is -0.119. The van der Waals surface area contributed by atoms with Gasteiger partial charge in [0.15, 0.2) is 6.61 Å². The molecule has 1 amide bonds. The summed E-state index contributed by atoms with van der Waals surface area (Å²) in [5, 5.41) is 13.5. The molecule has 0 aliphatic heterocycles. The van der Waals surface area contributed by atoms with E-state index in [-0.39, 0.29) is 19.3 Å². The van der Waals surface area contributed by atoms with Crippen LogP contribution in [0.25, 0.3) is 0 Å². The van der Waals surface area contributed by atoms with E-state index in [1.165, 1.54) is 0 Å². The lowest BCUT2D eigenvalue weighted by Gasteiger charge is -2.18. The van der Waals surface area contributed by atoms with Gasteiger partial charge in [0.25, 0.3) is 5.91 Å². The van der Waals surface area contributed by atoms with E-state index in [0.29, 0.717) is 37.0 Å². The number of nitrogens with two attached hydrogens (primary N) is 1. The van der Waals surface area contributed by atoms with E-state index in [2.05, 4.69) is 5.32 Å². The number of benzene rings is 3. The van der Waals surface area contributed by atoms with Gasteiger partial charge in [0.2, 0.25) is 0 Å². The summed E-state index contributed by atoms with van der Waals surface area (Å²) in [4.78, 5) is 10.8. The topological polar surface area (TPSA) is 112 Å². The predicted octanol–water partition coefficient (Wildman–Crippen LogP) is 2.93. The number of nitrogens with one attached hydrogen (secondary N) is 1. The van der Waals surface area contributed by atoms with Crippen LogP contribution in [0.2, 0.25) is 0 Å². The summed E-state index contributed by atoms with van der Waals surface area (Å²) in [7, 11) is 0. The number of hydrogen-bond donors (Lipinski definition) is 3. The maximum atomic E-state index is 10.8. The largest absolute Gasteiger partial charge is 0.492 e. The molecule has 4 N–H and O–H groups in total. The average molecular weight is 481 g/mol. The zero-order valence-corrected chi connectivity index (χ0v) is 19.8. The van der Waals surface area contributed by atoms with Gasteiger partial charge < -0.3 is 35.1 Å². The van der Waals surface area contributed by atoms with Crippen molar-refractivity contribution < 1.29 is 28.8 Å². The minimum absolute atomic E-state index is 0.0106. The third-order valence-corrected chi connectivity index (χ3v) is 4.92. The van der Waals surface area contributed by atoms with E-state index in [4.69, 9.17) is 24.7 Å². The maximum Gasteiger partial charge on any atom is 0.255 e. The Morgan fingerprint density at radius 2 is 1.31 bits per heavy atom. The number of hydrogen-bond acceptors (Lipinski definition) is 7. The number of carbonyl (C=O) groups excluding carboxylic acids is 1. The highest BCUT2D eigenvalue weighted by Gasteiger charge is 2.09. The summed E-state index contributed by atoms with van der Waals surface area (Å²) in [6.07, 6.45) is -0.673. The lowest BCUT2D eigenvalue weighted by atomic mass is 10.2. The molecule has 8 nitrogen and oxygen atoms in total. The number of primary amides is 1. The molecule has 35 heavy (non-hydrogen) atoms. The van der Waals surface area contributed by atoms with Gasteiger partial charge >= 0.3 is 0 Å². The van der Waals surface area contributed by atoms with Crippen LogP contribution in [0.15, 0.2) is 78.9 Å². The van der Waals surface area contributed by atoms with E-state index < -0.39 is 12.0 Å². The summed E-state index contributed by atoms with van der Waals surface area (Å²) < 4.78 is 22.4. The maximum absolute atomic E-state index is 10.8. The van der Waals surface area contributed by atoms with Crippen LogP contribution in [-0.4, -0.2) is 49.5 Å². The van der Waals surface area contributed by atoms with Crippen LogP contribution in [0.1, 0.15) is 12.5 Å². The number of amides is 1. The SMILES string of the molecule is CC(COc1ccc(OCC(N)=O)cc1)NCC(O)COc1ccc(OCc2ccccc2)cc1. The van der Waals surface area contributed by atoms with E-state index in [9.17, 15) is 9.90 Å². The Labute approximate surface area is 205 Å². The van der Waals surface area contributed by atoms with Crippen LogP contribution >= 0.6 is 0 Å². The first-order valence-electron chi connectivity index (χ1n) is 11.4. The molecule has 0 aliphatic rings. The third kappa shape index (κ3) is 9.95. The molecule has 3 rings (SSSR count). The van der Waals surface area contributed by atoms with Crippen LogP contribution in [0.5, 0.6) is 23.0 Å². The van der Waals surface area contributed by atoms with Crippen LogP contribution in [0, 0.1) is 0 Å². The van der Waals surface area contributed by atoms with Gasteiger partial charge in [-0.2, -0.15) is 0 Å². The normalized spacial score (nSPS) is 12.4. The van der Waals surface area contributed by atoms with Gasteiger partial charge in [-0.3, -0.25) is 4.79 Å². The molecule has 0 heterocycles. The van der Waals surface area contributed by atoms with Gasteiger partial charge in [-0.1, -0.05) is 30.3 Å². The Hall–Kier alpha value is -3.75. The zero-order chi connectivity index (χ0) is 24.9. The molecule has 8 heteroatoms. The predicted molar refractivity (Wildman–Crippen MR) is 133 cm³/mol. The summed E-state index contributed by atoms with van der Waals surface area (Å²) in [5.41, 5.74) is 6.16. The van der Waals surface area contributed by atoms with Crippen LogP contribution in [-0.2, 0) is 11.4 Å². The van der Waals surface area contributed by atoms with Crippen molar-refractivity contribution in [2.75, 3.05) is 26.4 Å². The lowest BCUT2D eigenvalue weighted by Crippen LogP contribution is -2.39. The van der Waals surface area contributed by atoms with Gasteiger partial charge in [-0.15, -0.1) is 0 Å². The first-order valence-corrected chi connectivity index (χ1v) is 11.4. The average Bonchev–Trinajstić information content (AvgIpc) is 2.89. The quantitative estimate of drug-likeness (QED) is 0.307.